The minimum atomic E-state index is -0.514. The molecule has 3 aromatic rings. The van der Waals surface area contributed by atoms with E-state index in [1.54, 1.807) is 18.2 Å². The topological polar surface area (TPSA) is 68.3 Å². The Morgan fingerprint density at radius 3 is 2.28 bits per heavy atom. The van der Waals surface area contributed by atoms with Gasteiger partial charge in [0.25, 0.3) is 5.91 Å². The highest BCUT2D eigenvalue weighted by Gasteiger charge is 2.40. The fraction of sp³-hybridized carbons (Fsp3) is 0.233. The van der Waals surface area contributed by atoms with E-state index in [0.29, 0.717) is 41.0 Å². The Morgan fingerprint density at radius 2 is 1.64 bits per heavy atom. The van der Waals surface area contributed by atoms with E-state index in [0.717, 1.165) is 17.5 Å². The van der Waals surface area contributed by atoms with Crippen molar-refractivity contribution in [3.05, 3.63) is 94.1 Å². The molecule has 0 N–H and O–H groups in total. The molecule has 0 aromatic heterocycles. The number of hydrogen-bond acceptors (Lipinski definition) is 6. The molecular weight excluding hydrogens is 536 g/mol. The highest BCUT2D eigenvalue weighted by molar-refractivity contribution is 7.80. The van der Waals surface area contributed by atoms with Crippen molar-refractivity contribution < 1.29 is 23.8 Å². The second kappa shape index (κ2) is 12.8. The minimum Gasteiger partial charge on any atom is -0.490 e. The maximum absolute atomic E-state index is 13.6. The van der Waals surface area contributed by atoms with Crippen LogP contribution in [0.3, 0.4) is 0 Å². The lowest BCUT2D eigenvalue weighted by atomic mass is 10.1. The van der Waals surface area contributed by atoms with Gasteiger partial charge < -0.3 is 19.1 Å². The molecular formula is C30H29ClN2O5S. The van der Waals surface area contributed by atoms with Crippen molar-refractivity contribution in [2.24, 2.45) is 0 Å². The Hall–Kier alpha value is -3.88. The van der Waals surface area contributed by atoms with E-state index in [2.05, 4.69) is 6.92 Å². The summed E-state index contributed by atoms with van der Waals surface area (Å²) in [5.41, 5.74) is 3.66. The summed E-state index contributed by atoms with van der Waals surface area (Å²) in [7, 11) is 1.30. The largest absolute Gasteiger partial charge is 0.490 e. The summed E-state index contributed by atoms with van der Waals surface area (Å²) >= 11 is 11.6. The molecule has 1 fully saturated rings. The molecule has 202 valence electrons. The van der Waals surface area contributed by atoms with Gasteiger partial charge in [-0.2, -0.15) is 0 Å². The quantitative estimate of drug-likeness (QED) is 0.169. The molecule has 4 rings (SSSR count). The van der Waals surface area contributed by atoms with Crippen LogP contribution in [0.4, 0.5) is 5.69 Å². The van der Waals surface area contributed by atoms with Crippen LogP contribution >= 0.6 is 23.8 Å². The van der Waals surface area contributed by atoms with Gasteiger partial charge in [0.1, 0.15) is 18.8 Å². The molecule has 39 heavy (non-hydrogen) atoms. The second-order valence-corrected chi connectivity index (χ2v) is 9.49. The third kappa shape index (κ3) is 6.58. The van der Waals surface area contributed by atoms with Crippen LogP contribution in [-0.2, 0) is 27.4 Å². The number of carbonyl (C=O) groups excluding carboxylic acids is 2. The molecule has 1 amide bonds. The molecule has 1 heterocycles. The molecule has 0 saturated carbocycles. The first-order valence-corrected chi connectivity index (χ1v) is 13.3. The molecule has 1 aliphatic rings. The number of halogens is 1. The number of esters is 1. The maximum Gasteiger partial charge on any atom is 0.325 e. The van der Waals surface area contributed by atoms with Gasteiger partial charge in [0.2, 0.25) is 0 Å². The number of ether oxygens (including phenoxy) is 3. The van der Waals surface area contributed by atoms with Crippen LogP contribution in [0.1, 0.15) is 30.5 Å². The van der Waals surface area contributed by atoms with Crippen LogP contribution in [0.15, 0.2) is 72.4 Å². The first-order chi connectivity index (χ1) is 18.8. The summed E-state index contributed by atoms with van der Waals surface area (Å²) in [6.07, 6.45) is 2.56. The Bertz CT molecular complexity index is 1390. The van der Waals surface area contributed by atoms with Crippen molar-refractivity contribution in [3.63, 3.8) is 0 Å². The van der Waals surface area contributed by atoms with Gasteiger partial charge >= 0.3 is 5.97 Å². The third-order valence-electron chi connectivity index (χ3n) is 6.13. The van der Waals surface area contributed by atoms with Crippen molar-refractivity contribution in [3.8, 4) is 11.5 Å². The van der Waals surface area contributed by atoms with Crippen molar-refractivity contribution in [1.29, 1.82) is 0 Å². The van der Waals surface area contributed by atoms with Gasteiger partial charge in [-0.1, -0.05) is 48.9 Å². The smallest absolute Gasteiger partial charge is 0.325 e. The average molecular weight is 565 g/mol. The number of rotatable bonds is 10. The second-order valence-electron chi connectivity index (χ2n) is 8.69. The molecule has 0 spiro atoms. The third-order valence-corrected chi connectivity index (χ3v) is 6.79. The van der Waals surface area contributed by atoms with Gasteiger partial charge in [-0.25, -0.2) is 0 Å². The maximum atomic E-state index is 13.6. The van der Waals surface area contributed by atoms with E-state index < -0.39 is 5.97 Å². The Balaban J connectivity index is 1.65. The van der Waals surface area contributed by atoms with Crippen LogP contribution in [0.2, 0.25) is 5.02 Å². The monoisotopic (exact) mass is 564 g/mol. The molecule has 0 bridgehead atoms. The zero-order valence-electron chi connectivity index (χ0n) is 22.0. The normalized spacial score (nSPS) is 14.2. The van der Waals surface area contributed by atoms with Crippen LogP contribution in [0.5, 0.6) is 11.5 Å². The number of amides is 1. The lowest BCUT2D eigenvalue weighted by molar-refractivity contribution is -0.140. The molecule has 9 heteroatoms. The van der Waals surface area contributed by atoms with E-state index in [9.17, 15) is 9.59 Å². The highest BCUT2D eigenvalue weighted by Crippen LogP contribution is 2.33. The first-order valence-electron chi connectivity index (χ1n) is 12.5. The molecule has 3 aromatic carbocycles. The summed E-state index contributed by atoms with van der Waals surface area (Å²) in [6.45, 7) is 4.51. The lowest BCUT2D eigenvalue weighted by Crippen LogP contribution is -2.35. The summed E-state index contributed by atoms with van der Waals surface area (Å²) in [5, 5.41) is 0.860. The van der Waals surface area contributed by atoms with Crippen molar-refractivity contribution in [2.75, 3.05) is 25.2 Å². The van der Waals surface area contributed by atoms with Gasteiger partial charge in [-0.15, -0.1) is 0 Å². The van der Waals surface area contributed by atoms with Gasteiger partial charge in [-0.3, -0.25) is 14.5 Å². The van der Waals surface area contributed by atoms with E-state index in [1.807, 2.05) is 61.5 Å². The summed E-state index contributed by atoms with van der Waals surface area (Å²) < 4.78 is 16.7. The van der Waals surface area contributed by atoms with Crippen LogP contribution < -0.4 is 14.4 Å². The predicted molar refractivity (Wildman–Crippen MR) is 156 cm³/mol. The fourth-order valence-corrected chi connectivity index (χ4v) is 4.51. The molecule has 7 nitrogen and oxygen atoms in total. The van der Waals surface area contributed by atoms with E-state index in [1.165, 1.54) is 16.9 Å². The number of thiocarbonyl (C=S) groups is 1. The molecule has 1 aliphatic heterocycles. The molecule has 1 saturated heterocycles. The Kier molecular flexibility index (Phi) is 9.22. The van der Waals surface area contributed by atoms with Crippen LogP contribution in [0, 0.1) is 0 Å². The van der Waals surface area contributed by atoms with Gasteiger partial charge in [0.15, 0.2) is 16.6 Å². The number of anilines is 1. The predicted octanol–water partition coefficient (Wildman–Crippen LogP) is 6.03. The number of nitrogens with zero attached hydrogens (tertiary/aromatic N) is 2. The zero-order valence-corrected chi connectivity index (χ0v) is 23.6. The van der Waals surface area contributed by atoms with Crippen molar-refractivity contribution >= 4 is 52.6 Å². The molecule has 0 aliphatic carbocycles. The standard InChI is InChI=1S/C30H29ClN2O5S/c1-4-20-8-13-24(14-9-20)33-29(35)25(32(30(33)39)18-28(34)36-3)16-22-10-15-26(27(17-22)37-5-2)38-19-21-6-11-23(31)12-7-21/h6-17H,4-5,18-19H2,1-3H3/b25-16-. The first kappa shape index (κ1) is 28.1. The number of benzene rings is 3. The van der Waals surface area contributed by atoms with Gasteiger partial charge in [0, 0.05) is 5.02 Å². The van der Waals surface area contributed by atoms with Gasteiger partial charge in [-0.05, 0) is 84.7 Å². The summed E-state index contributed by atoms with van der Waals surface area (Å²) in [4.78, 5) is 28.8. The van der Waals surface area contributed by atoms with E-state index in [-0.39, 0.29) is 23.3 Å². The lowest BCUT2D eigenvalue weighted by Gasteiger charge is -2.19. The number of aryl methyl sites for hydroxylation is 1. The minimum absolute atomic E-state index is 0.197. The Labute approximate surface area is 238 Å². The van der Waals surface area contributed by atoms with Crippen molar-refractivity contribution in [1.82, 2.24) is 4.90 Å². The Morgan fingerprint density at radius 1 is 0.949 bits per heavy atom. The summed E-state index contributed by atoms with van der Waals surface area (Å²) in [6, 6.07) is 20.4. The highest BCUT2D eigenvalue weighted by atomic mass is 35.5. The van der Waals surface area contributed by atoms with Crippen molar-refractivity contribution in [2.45, 2.75) is 26.9 Å². The zero-order chi connectivity index (χ0) is 27.9. The average Bonchev–Trinajstić information content (AvgIpc) is 3.17. The molecule has 0 radical (unpaired) electrons. The van der Waals surface area contributed by atoms with Crippen LogP contribution in [0.25, 0.3) is 6.08 Å². The van der Waals surface area contributed by atoms with E-state index >= 15 is 0 Å². The van der Waals surface area contributed by atoms with Gasteiger partial charge in [0.05, 0.1) is 19.4 Å². The van der Waals surface area contributed by atoms with E-state index in [4.69, 9.17) is 38.0 Å². The molecule has 0 unspecified atom stereocenters. The number of carbonyl (C=O) groups is 2. The van der Waals surface area contributed by atoms with Crippen LogP contribution in [-0.4, -0.2) is 42.2 Å². The number of hydrogen-bond donors (Lipinski definition) is 0. The number of methoxy groups -OCH3 is 1. The fourth-order valence-electron chi connectivity index (χ4n) is 4.04. The molecule has 0 atom stereocenters. The summed E-state index contributed by atoms with van der Waals surface area (Å²) in [5.74, 6) is 0.237. The SMILES string of the molecule is CCOc1cc(/C=C2/C(=O)N(c3ccc(CC)cc3)C(=S)N2CC(=O)OC)ccc1OCc1ccc(Cl)cc1.